The van der Waals surface area contributed by atoms with Crippen molar-refractivity contribution in [2.45, 2.75) is 51.4 Å². The average molecular weight is 471 g/mol. The number of hydrogen-bond acceptors (Lipinski definition) is 6. The number of aromatic nitrogens is 1. The zero-order valence-corrected chi connectivity index (χ0v) is 20.0. The van der Waals surface area contributed by atoms with E-state index in [-0.39, 0.29) is 23.7 Å². The molecule has 0 aliphatic carbocycles. The molecular weight excluding hydrogens is 435 g/mol. The van der Waals surface area contributed by atoms with Gasteiger partial charge in [0.15, 0.2) is 0 Å². The number of nitrogens with one attached hydrogen (secondary N) is 1. The molecule has 184 valence electrons. The zero-order valence-electron chi connectivity index (χ0n) is 20.0. The van der Waals surface area contributed by atoms with Crippen LogP contribution in [-0.2, 0) is 4.79 Å². The number of amides is 1. The number of halogens is 1. The van der Waals surface area contributed by atoms with Crippen LogP contribution in [0, 0.1) is 11.7 Å². The Labute approximate surface area is 200 Å². The Kier molecular flexibility index (Phi) is 8.00. The molecule has 1 amide bonds. The van der Waals surface area contributed by atoms with Gasteiger partial charge in [-0.15, -0.1) is 0 Å². The molecule has 0 spiro atoms. The Bertz CT molecular complexity index is 932. The first-order chi connectivity index (χ1) is 16.4. The van der Waals surface area contributed by atoms with Gasteiger partial charge in [0, 0.05) is 43.1 Å². The topological polar surface area (TPSA) is 77.9 Å². The highest BCUT2D eigenvalue weighted by atomic mass is 19.1. The van der Waals surface area contributed by atoms with Gasteiger partial charge in [-0.3, -0.25) is 4.79 Å². The molecule has 2 fully saturated rings. The molecule has 3 atom stereocenters. The van der Waals surface area contributed by atoms with Gasteiger partial charge < -0.3 is 25.0 Å². The van der Waals surface area contributed by atoms with Crippen molar-refractivity contribution in [2.24, 2.45) is 5.92 Å². The van der Waals surface area contributed by atoms with Gasteiger partial charge in [0.05, 0.1) is 18.1 Å². The standard InChI is InChI=1S/C26H35FN4O3/c1-18(2)34-24-10-5-19(15-28-24)25(32)23(17-30-12-3-4-13-30)29-26(33)20-11-14-31(16-20)22-8-6-21(27)7-9-22/h5-10,15,18,20,23,25,32H,3-4,11-14,16-17H2,1-2H3,(H,29,33). The largest absolute Gasteiger partial charge is 0.475 e. The van der Waals surface area contributed by atoms with Gasteiger partial charge in [-0.1, -0.05) is 0 Å². The van der Waals surface area contributed by atoms with Gasteiger partial charge in [0.25, 0.3) is 0 Å². The lowest BCUT2D eigenvalue weighted by Crippen LogP contribution is -2.48. The van der Waals surface area contributed by atoms with Crippen LogP contribution in [0.3, 0.4) is 0 Å². The number of anilines is 1. The summed E-state index contributed by atoms with van der Waals surface area (Å²) in [6, 6.07) is 9.50. The van der Waals surface area contributed by atoms with Crippen molar-refractivity contribution in [3.8, 4) is 5.88 Å². The van der Waals surface area contributed by atoms with E-state index in [0.717, 1.165) is 44.6 Å². The van der Waals surface area contributed by atoms with Crippen molar-refractivity contribution < 1.29 is 19.0 Å². The number of ether oxygens (including phenoxy) is 1. The number of carbonyl (C=O) groups excluding carboxylic acids is 1. The Morgan fingerprint density at radius 2 is 1.91 bits per heavy atom. The highest BCUT2D eigenvalue weighted by molar-refractivity contribution is 5.80. The highest BCUT2D eigenvalue weighted by Gasteiger charge is 2.33. The third kappa shape index (κ3) is 6.24. The van der Waals surface area contributed by atoms with Crippen LogP contribution in [0.5, 0.6) is 5.88 Å². The molecule has 8 heteroatoms. The van der Waals surface area contributed by atoms with Crippen molar-refractivity contribution in [2.75, 3.05) is 37.6 Å². The monoisotopic (exact) mass is 470 g/mol. The van der Waals surface area contributed by atoms with Crippen LogP contribution < -0.4 is 15.0 Å². The van der Waals surface area contributed by atoms with Crippen LogP contribution in [0.2, 0.25) is 0 Å². The van der Waals surface area contributed by atoms with Crippen molar-refractivity contribution >= 4 is 11.6 Å². The van der Waals surface area contributed by atoms with Crippen LogP contribution >= 0.6 is 0 Å². The number of carbonyl (C=O) groups is 1. The third-order valence-electron chi connectivity index (χ3n) is 6.57. The summed E-state index contributed by atoms with van der Waals surface area (Å²) in [5, 5.41) is 14.3. The SMILES string of the molecule is CC(C)Oc1ccc(C(O)C(CN2CCCC2)NC(=O)C2CCN(c3ccc(F)cc3)C2)cn1. The zero-order chi connectivity index (χ0) is 24.1. The number of hydrogen-bond donors (Lipinski definition) is 2. The minimum atomic E-state index is -0.875. The second kappa shape index (κ2) is 11.1. The van der Waals surface area contributed by atoms with Gasteiger partial charge in [0.1, 0.15) is 11.9 Å². The fourth-order valence-electron chi connectivity index (χ4n) is 4.74. The molecule has 0 saturated carbocycles. The third-order valence-corrected chi connectivity index (χ3v) is 6.57. The van der Waals surface area contributed by atoms with E-state index in [1.54, 1.807) is 24.4 Å². The van der Waals surface area contributed by atoms with Crippen LogP contribution in [0.25, 0.3) is 0 Å². The molecule has 2 aliphatic heterocycles. The van der Waals surface area contributed by atoms with Gasteiger partial charge in [-0.2, -0.15) is 0 Å². The number of nitrogens with zero attached hydrogens (tertiary/aromatic N) is 3. The first-order valence-corrected chi connectivity index (χ1v) is 12.2. The molecule has 4 rings (SSSR count). The van der Waals surface area contributed by atoms with E-state index < -0.39 is 12.1 Å². The molecular formula is C26H35FN4O3. The molecule has 3 unspecified atom stereocenters. The Morgan fingerprint density at radius 3 is 2.56 bits per heavy atom. The maximum Gasteiger partial charge on any atom is 0.225 e. The summed E-state index contributed by atoms with van der Waals surface area (Å²) in [7, 11) is 0. The molecule has 2 aromatic rings. The summed E-state index contributed by atoms with van der Waals surface area (Å²) in [5.74, 6) is 0.00560. The maximum atomic E-state index is 13.3. The summed E-state index contributed by atoms with van der Waals surface area (Å²) < 4.78 is 18.9. The Morgan fingerprint density at radius 1 is 1.18 bits per heavy atom. The van der Waals surface area contributed by atoms with Gasteiger partial charge in [-0.25, -0.2) is 9.37 Å². The molecule has 2 N–H and O–H groups in total. The molecule has 3 heterocycles. The maximum absolute atomic E-state index is 13.3. The first-order valence-electron chi connectivity index (χ1n) is 12.2. The smallest absolute Gasteiger partial charge is 0.225 e. The molecule has 0 bridgehead atoms. The van der Waals surface area contributed by atoms with Crippen molar-refractivity contribution in [1.29, 1.82) is 0 Å². The molecule has 2 saturated heterocycles. The van der Waals surface area contributed by atoms with Crippen LogP contribution in [0.1, 0.15) is 44.8 Å². The number of benzene rings is 1. The first kappa shape index (κ1) is 24.4. The highest BCUT2D eigenvalue weighted by Crippen LogP contribution is 2.26. The second-order valence-corrected chi connectivity index (χ2v) is 9.57. The van der Waals surface area contributed by atoms with Crippen LogP contribution in [-0.4, -0.2) is 65.8 Å². The van der Waals surface area contributed by atoms with Crippen molar-refractivity contribution in [3.05, 3.63) is 54.0 Å². The second-order valence-electron chi connectivity index (χ2n) is 9.57. The predicted octanol–water partition coefficient (Wildman–Crippen LogP) is 3.15. The van der Waals surface area contributed by atoms with Crippen LogP contribution in [0.15, 0.2) is 42.6 Å². The fourth-order valence-corrected chi connectivity index (χ4v) is 4.74. The van der Waals surface area contributed by atoms with Gasteiger partial charge in [0.2, 0.25) is 11.8 Å². The van der Waals surface area contributed by atoms with Crippen molar-refractivity contribution in [3.63, 3.8) is 0 Å². The quantitative estimate of drug-likeness (QED) is 0.586. The lowest BCUT2D eigenvalue weighted by atomic mass is 10.0. The Hall–Kier alpha value is -2.71. The van der Waals surface area contributed by atoms with Gasteiger partial charge >= 0.3 is 0 Å². The normalized spacial score (nSPS) is 20.5. The van der Waals surface area contributed by atoms with Crippen molar-refractivity contribution in [1.82, 2.24) is 15.2 Å². The van der Waals surface area contributed by atoms with Crippen LogP contribution in [0.4, 0.5) is 10.1 Å². The van der Waals surface area contributed by atoms with E-state index in [4.69, 9.17) is 4.74 Å². The van der Waals surface area contributed by atoms with E-state index in [1.807, 2.05) is 19.9 Å². The average Bonchev–Trinajstić information content (AvgIpc) is 3.51. The molecule has 1 aromatic carbocycles. The summed E-state index contributed by atoms with van der Waals surface area (Å²) >= 11 is 0. The van der Waals surface area contributed by atoms with E-state index in [2.05, 4.69) is 20.1 Å². The summed E-state index contributed by atoms with van der Waals surface area (Å²) in [4.78, 5) is 21.9. The predicted molar refractivity (Wildman–Crippen MR) is 129 cm³/mol. The Balaban J connectivity index is 1.42. The summed E-state index contributed by atoms with van der Waals surface area (Å²) in [6.07, 6.45) is 3.76. The molecule has 7 nitrogen and oxygen atoms in total. The van der Waals surface area contributed by atoms with E-state index in [9.17, 15) is 14.3 Å². The minimum Gasteiger partial charge on any atom is -0.475 e. The van der Waals surface area contributed by atoms with E-state index in [0.29, 0.717) is 24.5 Å². The number of likely N-dealkylation sites (tertiary alicyclic amines) is 1. The molecule has 34 heavy (non-hydrogen) atoms. The summed E-state index contributed by atoms with van der Waals surface area (Å²) in [5.41, 5.74) is 1.57. The van der Waals surface area contributed by atoms with Gasteiger partial charge in [-0.05, 0) is 76.5 Å². The molecule has 2 aliphatic rings. The fraction of sp³-hybridized carbons (Fsp3) is 0.538. The van der Waals surface area contributed by atoms with E-state index >= 15 is 0 Å². The summed E-state index contributed by atoms with van der Waals surface area (Å²) in [6.45, 7) is 7.72. The number of aliphatic hydroxyl groups is 1. The molecule has 0 radical (unpaired) electrons. The number of aliphatic hydroxyl groups excluding tert-OH is 1. The minimum absolute atomic E-state index is 0.0198. The van der Waals surface area contributed by atoms with E-state index in [1.165, 1.54) is 12.1 Å². The number of rotatable bonds is 9. The number of pyridine rings is 1. The lowest BCUT2D eigenvalue weighted by molar-refractivity contribution is -0.126. The lowest BCUT2D eigenvalue weighted by Gasteiger charge is -2.29. The molecule has 1 aromatic heterocycles.